The highest BCUT2D eigenvalue weighted by molar-refractivity contribution is 8.00. The lowest BCUT2D eigenvalue weighted by atomic mass is 10.1. The number of rotatable bonds is 7. The zero-order chi connectivity index (χ0) is 18.4. The Balaban J connectivity index is 1.83. The Morgan fingerprint density at radius 1 is 1.32 bits per heavy atom. The molecule has 0 bridgehead atoms. The van der Waals surface area contributed by atoms with Crippen LogP contribution < -0.4 is 10.1 Å². The summed E-state index contributed by atoms with van der Waals surface area (Å²) in [6.45, 7) is 8.50. The largest absolute Gasteiger partial charge is 0.497 e. The number of tetrazole rings is 1. The summed E-state index contributed by atoms with van der Waals surface area (Å²) < 4.78 is 6.87. The molecule has 1 heterocycles. The number of amides is 1. The van der Waals surface area contributed by atoms with Crippen LogP contribution in [0, 0.1) is 0 Å². The van der Waals surface area contributed by atoms with Crippen molar-refractivity contribution in [1.29, 1.82) is 0 Å². The number of methoxy groups -OCH3 is 1. The zero-order valence-electron chi connectivity index (χ0n) is 15.3. The van der Waals surface area contributed by atoms with E-state index in [0.717, 1.165) is 17.7 Å². The highest BCUT2D eigenvalue weighted by Gasteiger charge is 2.23. The SMILES string of the molecule is COc1ccc(CCNC(=O)C(C)Sc2nnnn2C(C)(C)C)cc1. The van der Waals surface area contributed by atoms with Crippen molar-refractivity contribution in [3.05, 3.63) is 29.8 Å². The number of nitrogens with one attached hydrogen (secondary N) is 1. The molecule has 136 valence electrons. The molecule has 0 fully saturated rings. The predicted molar refractivity (Wildman–Crippen MR) is 97.8 cm³/mol. The van der Waals surface area contributed by atoms with Crippen LogP contribution in [0.5, 0.6) is 5.75 Å². The van der Waals surface area contributed by atoms with E-state index in [2.05, 4.69) is 20.8 Å². The van der Waals surface area contributed by atoms with Gasteiger partial charge in [-0.05, 0) is 62.2 Å². The van der Waals surface area contributed by atoms with E-state index < -0.39 is 0 Å². The maximum absolute atomic E-state index is 12.3. The molecule has 2 rings (SSSR count). The van der Waals surface area contributed by atoms with Crippen LogP contribution in [0.3, 0.4) is 0 Å². The fourth-order valence-corrected chi connectivity index (χ4v) is 3.15. The number of hydrogen-bond donors (Lipinski definition) is 1. The Hall–Kier alpha value is -2.09. The normalized spacial score (nSPS) is 12.7. The predicted octanol–water partition coefficient (Wildman–Crippen LogP) is 2.28. The van der Waals surface area contributed by atoms with Crippen molar-refractivity contribution in [3.8, 4) is 5.75 Å². The highest BCUT2D eigenvalue weighted by atomic mass is 32.2. The first-order chi connectivity index (χ1) is 11.8. The Bertz CT molecular complexity index is 694. The van der Waals surface area contributed by atoms with E-state index in [-0.39, 0.29) is 16.7 Å². The third-order valence-electron chi connectivity index (χ3n) is 3.60. The van der Waals surface area contributed by atoms with Crippen LogP contribution in [-0.4, -0.2) is 45.0 Å². The van der Waals surface area contributed by atoms with Gasteiger partial charge < -0.3 is 10.1 Å². The molecule has 25 heavy (non-hydrogen) atoms. The van der Waals surface area contributed by atoms with Gasteiger partial charge in [0.1, 0.15) is 5.75 Å². The molecule has 1 N–H and O–H groups in total. The first kappa shape index (κ1) is 19.2. The lowest BCUT2D eigenvalue weighted by molar-refractivity contribution is -0.120. The van der Waals surface area contributed by atoms with Gasteiger partial charge in [0, 0.05) is 6.54 Å². The van der Waals surface area contributed by atoms with Crippen LogP contribution in [0.4, 0.5) is 0 Å². The van der Waals surface area contributed by atoms with Gasteiger partial charge in [0.25, 0.3) is 0 Å². The number of carbonyl (C=O) groups is 1. The first-order valence-corrected chi connectivity index (χ1v) is 9.05. The zero-order valence-corrected chi connectivity index (χ0v) is 16.1. The highest BCUT2D eigenvalue weighted by Crippen LogP contribution is 2.25. The monoisotopic (exact) mass is 363 g/mol. The molecule has 0 saturated heterocycles. The van der Waals surface area contributed by atoms with E-state index in [4.69, 9.17) is 4.74 Å². The van der Waals surface area contributed by atoms with Gasteiger partial charge in [0.15, 0.2) is 0 Å². The second kappa shape index (κ2) is 8.33. The molecule has 0 saturated carbocycles. The van der Waals surface area contributed by atoms with E-state index in [1.54, 1.807) is 11.8 Å². The van der Waals surface area contributed by atoms with Crippen LogP contribution in [0.2, 0.25) is 0 Å². The van der Waals surface area contributed by atoms with Crippen LogP contribution >= 0.6 is 11.8 Å². The molecular weight excluding hydrogens is 338 g/mol. The van der Waals surface area contributed by atoms with E-state index in [0.29, 0.717) is 11.7 Å². The molecule has 0 aliphatic carbocycles. The maximum Gasteiger partial charge on any atom is 0.233 e. The molecular formula is C17H25N5O2S. The van der Waals surface area contributed by atoms with E-state index >= 15 is 0 Å². The molecule has 1 aromatic heterocycles. The summed E-state index contributed by atoms with van der Waals surface area (Å²) in [6, 6.07) is 7.84. The number of thioether (sulfide) groups is 1. The van der Waals surface area contributed by atoms with Gasteiger partial charge in [-0.3, -0.25) is 4.79 Å². The van der Waals surface area contributed by atoms with Crippen molar-refractivity contribution >= 4 is 17.7 Å². The average molecular weight is 363 g/mol. The van der Waals surface area contributed by atoms with Gasteiger partial charge in [-0.2, -0.15) is 0 Å². The molecule has 0 aliphatic rings. The maximum atomic E-state index is 12.3. The van der Waals surface area contributed by atoms with Crippen molar-refractivity contribution < 1.29 is 9.53 Å². The lowest BCUT2D eigenvalue weighted by Crippen LogP contribution is -2.33. The number of ether oxygens (including phenoxy) is 1. The third-order valence-corrected chi connectivity index (χ3v) is 4.63. The number of aromatic nitrogens is 4. The molecule has 7 nitrogen and oxygen atoms in total. The summed E-state index contributed by atoms with van der Waals surface area (Å²) in [7, 11) is 1.64. The van der Waals surface area contributed by atoms with Gasteiger partial charge in [-0.1, -0.05) is 23.9 Å². The number of hydrogen-bond acceptors (Lipinski definition) is 6. The van der Waals surface area contributed by atoms with E-state index in [9.17, 15) is 4.79 Å². The summed E-state index contributed by atoms with van der Waals surface area (Å²) in [5.74, 6) is 0.802. The smallest absolute Gasteiger partial charge is 0.233 e. The summed E-state index contributed by atoms with van der Waals surface area (Å²) in [6.07, 6.45) is 0.771. The minimum absolute atomic E-state index is 0.0260. The summed E-state index contributed by atoms with van der Waals surface area (Å²) >= 11 is 1.36. The molecule has 1 amide bonds. The average Bonchev–Trinajstić information content (AvgIpc) is 3.03. The Kier molecular flexibility index (Phi) is 6.41. The topological polar surface area (TPSA) is 81.9 Å². The van der Waals surface area contributed by atoms with Crippen LogP contribution in [0.25, 0.3) is 0 Å². The molecule has 8 heteroatoms. The summed E-state index contributed by atoms with van der Waals surface area (Å²) in [4.78, 5) is 12.3. The van der Waals surface area contributed by atoms with Gasteiger partial charge >= 0.3 is 0 Å². The van der Waals surface area contributed by atoms with Gasteiger partial charge in [0.2, 0.25) is 11.1 Å². The van der Waals surface area contributed by atoms with E-state index in [1.807, 2.05) is 52.0 Å². The molecule has 0 aliphatic heterocycles. The van der Waals surface area contributed by atoms with Crippen molar-refractivity contribution in [2.24, 2.45) is 0 Å². The molecule has 0 radical (unpaired) electrons. The molecule has 1 atom stereocenters. The van der Waals surface area contributed by atoms with Crippen molar-refractivity contribution in [2.75, 3.05) is 13.7 Å². The summed E-state index contributed by atoms with van der Waals surface area (Å²) in [5, 5.41) is 15.1. The van der Waals surface area contributed by atoms with Gasteiger partial charge in [-0.25, -0.2) is 4.68 Å². The number of carbonyl (C=O) groups excluding carboxylic acids is 1. The standard InChI is InChI=1S/C17H25N5O2S/c1-12(25-16-19-20-21-22(16)17(2,3)4)15(23)18-11-10-13-6-8-14(24-5)9-7-13/h6-9,12H,10-11H2,1-5H3,(H,18,23). The fourth-order valence-electron chi connectivity index (χ4n) is 2.15. The van der Waals surface area contributed by atoms with Crippen LogP contribution in [-0.2, 0) is 16.8 Å². The minimum Gasteiger partial charge on any atom is -0.497 e. The Morgan fingerprint density at radius 2 is 2.00 bits per heavy atom. The summed E-state index contributed by atoms with van der Waals surface area (Å²) in [5.41, 5.74) is 0.925. The molecule has 1 unspecified atom stereocenters. The van der Waals surface area contributed by atoms with Gasteiger partial charge in [0.05, 0.1) is 17.9 Å². The molecule has 1 aromatic carbocycles. The quantitative estimate of drug-likeness (QED) is 0.760. The molecule has 0 spiro atoms. The molecule has 2 aromatic rings. The minimum atomic E-state index is -0.275. The fraction of sp³-hybridized carbons (Fsp3) is 0.529. The van der Waals surface area contributed by atoms with Crippen LogP contribution in [0.1, 0.15) is 33.3 Å². The van der Waals surface area contributed by atoms with Crippen molar-refractivity contribution in [2.45, 2.75) is 50.1 Å². The Morgan fingerprint density at radius 3 is 2.60 bits per heavy atom. The van der Waals surface area contributed by atoms with Crippen molar-refractivity contribution in [1.82, 2.24) is 25.5 Å². The first-order valence-electron chi connectivity index (χ1n) is 8.17. The number of benzene rings is 1. The van der Waals surface area contributed by atoms with Crippen LogP contribution in [0.15, 0.2) is 29.4 Å². The third kappa shape index (κ3) is 5.45. The lowest BCUT2D eigenvalue weighted by Gasteiger charge is -2.20. The van der Waals surface area contributed by atoms with Crippen molar-refractivity contribution in [3.63, 3.8) is 0 Å². The van der Waals surface area contributed by atoms with Gasteiger partial charge in [-0.15, -0.1) is 5.10 Å². The number of nitrogens with zero attached hydrogens (tertiary/aromatic N) is 4. The second-order valence-corrected chi connectivity index (χ2v) is 8.00. The van der Waals surface area contributed by atoms with E-state index in [1.165, 1.54) is 11.8 Å². The Labute approximate surface area is 152 Å². The second-order valence-electron chi connectivity index (χ2n) is 6.69.